The first kappa shape index (κ1) is 14.7. The minimum atomic E-state index is 0.239. The lowest BCUT2D eigenvalue weighted by Crippen LogP contribution is -2.38. The number of hydrogen-bond acceptors (Lipinski definition) is 3. The van der Waals surface area contributed by atoms with E-state index in [1.807, 2.05) is 12.1 Å². The standard InChI is InChI=1S/C13H23BrN2O/c1-10(11-6-7-12(14)17-11)15-8-13(2,3)9-16(4)5/h6-7,10,15H,8-9H2,1-5H3. The van der Waals surface area contributed by atoms with Gasteiger partial charge in [0.1, 0.15) is 5.76 Å². The van der Waals surface area contributed by atoms with Gasteiger partial charge in [0.15, 0.2) is 4.67 Å². The Morgan fingerprint density at radius 3 is 2.53 bits per heavy atom. The summed E-state index contributed by atoms with van der Waals surface area (Å²) in [5.41, 5.74) is 0.252. The Morgan fingerprint density at radius 1 is 1.41 bits per heavy atom. The van der Waals surface area contributed by atoms with E-state index >= 15 is 0 Å². The van der Waals surface area contributed by atoms with E-state index in [2.05, 4.69) is 61.0 Å². The number of halogens is 1. The zero-order chi connectivity index (χ0) is 13.1. The van der Waals surface area contributed by atoms with Gasteiger partial charge in [-0.2, -0.15) is 0 Å². The zero-order valence-electron chi connectivity index (χ0n) is 11.4. The third kappa shape index (κ3) is 5.23. The van der Waals surface area contributed by atoms with Crippen LogP contribution in [0, 0.1) is 5.41 Å². The zero-order valence-corrected chi connectivity index (χ0v) is 13.0. The fourth-order valence-corrected chi connectivity index (χ4v) is 2.32. The van der Waals surface area contributed by atoms with Crippen molar-refractivity contribution in [3.63, 3.8) is 0 Å². The molecule has 1 unspecified atom stereocenters. The van der Waals surface area contributed by atoms with Gasteiger partial charge in [-0.25, -0.2) is 0 Å². The van der Waals surface area contributed by atoms with Crippen LogP contribution in [0.4, 0.5) is 0 Å². The van der Waals surface area contributed by atoms with Gasteiger partial charge < -0.3 is 14.6 Å². The van der Waals surface area contributed by atoms with E-state index in [1.54, 1.807) is 0 Å². The molecular formula is C13H23BrN2O. The molecule has 1 aromatic rings. The number of nitrogens with zero attached hydrogens (tertiary/aromatic N) is 1. The molecule has 3 nitrogen and oxygen atoms in total. The maximum absolute atomic E-state index is 5.54. The third-order valence-corrected chi connectivity index (χ3v) is 3.08. The van der Waals surface area contributed by atoms with Crippen LogP contribution in [-0.2, 0) is 0 Å². The van der Waals surface area contributed by atoms with E-state index in [-0.39, 0.29) is 11.5 Å². The highest BCUT2D eigenvalue weighted by Crippen LogP contribution is 2.22. The van der Waals surface area contributed by atoms with Crippen molar-refractivity contribution in [2.24, 2.45) is 5.41 Å². The molecule has 1 heterocycles. The molecule has 0 aliphatic heterocycles. The summed E-state index contributed by atoms with van der Waals surface area (Å²) in [5, 5.41) is 3.52. The SMILES string of the molecule is CC(NCC(C)(C)CN(C)C)c1ccc(Br)o1. The summed E-state index contributed by atoms with van der Waals surface area (Å²) in [6, 6.07) is 4.17. The highest BCUT2D eigenvalue weighted by atomic mass is 79.9. The Labute approximate surface area is 113 Å². The molecule has 1 rings (SSSR count). The van der Waals surface area contributed by atoms with Crippen LogP contribution in [0.5, 0.6) is 0 Å². The van der Waals surface area contributed by atoms with Crippen LogP contribution in [-0.4, -0.2) is 32.1 Å². The molecule has 0 aromatic carbocycles. The molecule has 0 fully saturated rings. The van der Waals surface area contributed by atoms with Crippen molar-refractivity contribution in [1.29, 1.82) is 0 Å². The largest absolute Gasteiger partial charge is 0.453 e. The quantitative estimate of drug-likeness (QED) is 0.874. The van der Waals surface area contributed by atoms with Crippen molar-refractivity contribution < 1.29 is 4.42 Å². The van der Waals surface area contributed by atoms with E-state index in [0.29, 0.717) is 0 Å². The molecule has 98 valence electrons. The topological polar surface area (TPSA) is 28.4 Å². The van der Waals surface area contributed by atoms with Gasteiger partial charge >= 0.3 is 0 Å². The summed E-state index contributed by atoms with van der Waals surface area (Å²) in [6.07, 6.45) is 0. The summed E-state index contributed by atoms with van der Waals surface area (Å²) in [7, 11) is 4.21. The van der Waals surface area contributed by atoms with Crippen molar-refractivity contribution in [2.45, 2.75) is 26.8 Å². The van der Waals surface area contributed by atoms with Crippen LogP contribution >= 0.6 is 15.9 Å². The first-order valence-electron chi connectivity index (χ1n) is 5.93. The fraction of sp³-hybridized carbons (Fsp3) is 0.692. The van der Waals surface area contributed by atoms with Crippen LogP contribution in [0.15, 0.2) is 21.2 Å². The normalized spacial score (nSPS) is 14.3. The maximum Gasteiger partial charge on any atom is 0.169 e. The predicted molar refractivity (Wildman–Crippen MR) is 75.2 cm³/mol. The summed E-state index contributed by atoms with van der Waals surface area (Å²) < 4.78 is 6.32. The molecule has 4 heteroatoms. The Morgan fingerprint density at radius 2 is 2.06 bits per heavy atom. The second-order valence-corrected chi connectivity index (χ2v) is 6.43. The Hall–Kier alpha value is -0.320. The summed E-state index contributed by atoms with van der Waals surface area (Å²) in [6.45, 7) is 8.69. The van der Waals surface area contributed by atoms with Crippen molar-refractivity contribution in [2.75, 3.05) is 27.2 Å². The minimum Gasteiger partial charge on any atom is -0.453 e. The molecule has 0 aliphatic rings. The molecule has 1 aromatic heterocycles. The second-order valence-electron chi connectivity index (χ2n) is 5.65. The van der Waals surface area contributed by atoms with Gasteiger partial charge in [0, 0.05) is 13.1 Å². The first-order chi connectivity index (χ1) is 7.80. The van der Waals surface area contributed by atoms with Crippen molar-refractivity contribution in [1.82, 2.24) is 10.2 Å². The van der Waals surface area contributed by atoms with E-state index in [9.17, 15) is 0 Å². The average Bonchev–Trinajstić information content (AvgIpc) is 2.59. The van der Waals surface area contributed by atoms with Crippen LogP contribution in [0.2, 0.25) is 0 Å². The molecule has 0 bridgehead atoms. The molecule has 0 amide bonds. The Balaban J connectivity index is 2.45. The molecule has 0 aliphatic carbocycles. The molecule has 17 heavy (non-hydrogen) atoms. The molecule has 0 saturated heterocycles. The van der Waals surface area contributed by atoms with Crippen molar-refractivity contribution >= 4 is 15.9 Å². The first-order valence-corrected chi connectivity index (χ1v) is 6.73. The van der Waals surface area contributed by atoms with Gasteiger partial charge in [-0.15, -0.1) is 0 Å². The Kier molecular flexibility index (Phi) is 5.22. The lowest BCUT2D eigenvalue weighted by molar-refractivity contribution is 0.223. The maximum atomic E-state index is 5.54. The van der Waals surface area contributed by atoms with E-state index in [4.69, 9.17) is 4.42 Å². The fourth-order valence-electron chi connectivity index (χ4n) is 2.00. The van der Waals surface area contributed by atoms with Crippen LogP contribution < -0.4 is 5.32 Å². The monoisotopic (exact) mass is 302 g/mol. The highest BCUT2D eigenvalue weighted by molar-refractivity contribution is 9.10. The smallest absolute Gasteiger partial charge is 0.169 e. The molecule has 0 saturated carbocycles. The molecule has 1 N–H and O–H groups in total. The van der Waals surface area contributed by atoms with Crippen LogP contribution in [0.3, 0.4) is 0 Å². The summed E-state index contributed by atoms with van der Waals surface area (Å²) in [5.74, 6) is 0.970. The van der Waals surface area contributed by atoms with Gasteiger partial charge in [-0.3, -0.25) is 0 Å². The molecule has 1 atom stereocenters. The highest BCUT2D eigenvalue weighted by Gasteiger charge is 2.20. The van der Waals surface area contributed by atoms with E-state index < -0.39 is 0 Å². The minimum absolute atomic E-state index is 0.239. The number of rotatable bonds is 6. The molecule has 0 spiro atoms. The predicted octanol–water partition coefficient (Wildman–Crippen LogP) is 3.28. The van der Waals surface area contributed by atoms with Crippen LogP contribution in [0.25, 0.3) is 0 Å². The second kappa shape index (κ2) is 6.03. The van der Waals surface area contributed by atoms with Gasteiger partial charge in [0.25, 0.3) is 0 Å². The molecular weight excluding hydrogens is 280 g/mol. The van der Waals surface area contributed by atoms with Crippen molar-refractivity contribution in [3.8, 4) is 0 Å². The van der Waals surface area contributed by atoms with Gasteiger partial charge in [-0.1, -0.05) is 13.8 Å². The van der Waals surface area contributed by atoms with Gasteiger partial charge in [0.05, 0.1) is 6.04 Å². The third-order valence-electron chi connectivity index (χ3n) is 2.65. The summed E-state index contributed by atoms with van der Waals surface area (Å²) in [4.78, 5) is 2.22. The lowest BCUT2D eigenvalue weighted by Gasteiger charge is -2.29. The lowest BCUT2D eigenvalue weighted by atomic mass is 9.92. The number of hydrogen-bond donors (Lipinski definition) is 1. The van der Waals surface area contributed by atoms with Crippen molar-refractivity contribution in [3.05, 3.63) is 22.6 Å². The Bertz CT molecular complexity index is 347. The van der Waals surface area contributed by atoms with Crippen LogP contribution in [0.1, 0.15) is 32.6 Å². The molecule has 0 radical (unpaired) electrons. The van der Waals surface area contributed by atoms with Gasteiger partial charge in [0.2, 0.25) is 0 Å². The number of nitrogens with one attached hydrogen (secondary N) is 1. The van der Waals surface area contributed by atoms with E-state index in [1.165, 1.54) is 0 Å². The van der Waals surface area contributed by atoms with Gasteiger partial charge in [-0.05, 0) is 54.5 Å². The van der Waals surface area contributed by atoms with E-state index in [0.717, 1.165) is 23.5 Å². The average molecular weight is 303 g/mol. The summed E-state index contributed by atoms with van der Waals surface area (Å²) >= 11 is 3.32. The number of furan rings is 1.